The van der Waals surface area contributed by atoms with Crippen molar-refractivity contribution >= 4 is 10.8 Å². The first-order valence-electron chi connectivity index (χ1n) is 17.1. The van der Waals surface area contributed by atoms with Crippen molar-refractivity contribution in [2.75, 3.05) is 0 Å². The average molecular weight is 653 g/mol. The van der Waals surface area contributed by atoms with Crippen molar-refractivity contribution in [2.45, 2.75) is 19.3 Å². The van der Waals surface area contributed by atoms with E-state index >= 15 is 0 Å². The molecule has 0 amide bonds. The molecule has 0 radical (unpaired) electrons. The van der Waals surface area contributed by atoms with Gasteiger partial charge in [0.1, 0.15) is 0 Å². The molecule has 0 spiro atoms. The molecule has 0 fully saturated rings. The molecule has 2 heterocycles. The molecule has 0 aliphatic heterocycles. The number of aromatic nitrogens is 3. The zero-order valence-electron chi connectivity index (χ0n) is 28.3. The number of pyridine rings is 1. The molecule has 0 unspecified atom stereocenters. The summed E-state index contributed by atoms with van der Waals surface area (Å²) < 4.78 is 0. The van der Waals surface area contributed by atoms with E-state index in [2.05, 4.69) is 122 Å². The Morgan fingerprint density at radius 1 is 0.510 bits per heavy atom. The topological polar surface area (TPSA) is 62.5 Å². The van der Waals surface area contributed by atoms with Crippen molar-refractivity contribution in [3.05, 3.63) is 175 Å². The standard InChI is InChI=1S/C47H32N4/c1-47(2)42-22-30(28-48)16-18-39(42)40-19-17-34(26-43(40)47)35-23-36(38-15-9-14-31-20-21-49-29-41(31)38)25-37(24-35)45-27-44(32-10-5-3-6-11-32)50-46(51-45)33-12-7-4-8-13-33/h3-27,29H,1-2H3. The Morgan fingerprint density at radius 2 is 1.18 bits per heavy atom. The molecule has 1 aliphatic rings. The summed E-state index contributed by atoms with van der Waals surface area (Å²) >= 11 is 0. The van der Waals surface area contributed by atoms with Gasteiger partial charge in [-0.3, -0.25) is 4.98 Å². The van der Waals surface area contributed by atoms with E-state index in [1.54, 1.807) is 0 Å². The third-order valence-electron chi connectivity index (χ3n) is 10.2. The fourth-order valence-electron chi connectivity index (χ4n) is 7.52. The van der Waals surface area contributed by atoms with Crippen LogP contribution in [0, 0.1) is 11.3 Å². The Bertz CT molecular complexity index is 2610. The number of nitriles is 1. The van der Waals surface area contributed by atoms with E-state index < -0.39 is 0 Å². The van der Waals surface area contributed by atoms with Gasteiger partial charge in [-0.1, -0.05) is 111 Å². The number of benzene rings is 6. The number of fused-ring (bicyclic) bond motifs is 4. The summed E-state index contributed by atoms with van der Waals surface area (Å²) in [7, 11) is 0. The first kappa shape index (κ1) is 30.4. The molecule has 9 rings (SSSR count). The van der Waals surface area contributed by atoms with Crippen molar-refractivity contribution < 1.29 is 0 Å². The second-order valence-corrected chi connectivity index (χ2v) is 13.7. The Balaban J connectivity index is 1.27. The summed E-state index contributed by atoms with van der Waals surface area (Å²) in [5, 5.41) is 11.9. The average Bonchev–Trinajstić information content (AvgIpc) is 3.42. The molecule has 240 valence electrons. The third-order valence-corrected chi connectivity index (χ3v) is 10.2. The molecule has 0 saturated carbocycles. The van der Waals surface area contributed by atoms with Crippen LogP contribution in [0.3, 0.4) is 0 Å². The molecule has 51 heavy (non-hydrogen) atoms. The molecule has 0 saturated heterocycles. The lowest BCUT2D eigenvalue weighted by molar-refractivity contribution is 0.660. The minimum absolute atomic E-state index is 0.253. The second kappa shape index (κ2) is 12.0. The van der Waals surface area contributed by atoms with Gasteiger partial charge in [0.15, 0.2) is 5.82 Å². The van der Waals surface area contributed by atoms with Crippen LogP contribution in [0.1, 0.15) is 30.5 Å². The van der Waals surface area contributed by atoms with Gasteiger partial charge in [-0.25, -0.2) is 9.97 Å². The predicted molar refractivity (Wildman–Crippen MR) is 207 cm³/mol. The molecule has 4 nitrogen and oxygen atoms in total. The largest absolute Gasteiger partial charge is 0.264 e. The number of rotatable bonds is 5. The maximum atomic E-state index is 9.66. The van der Waals surface area contributed by atoms with Gasteiger partial charge in [-0.05, 0) is 98.4 Å². The van der Waals surface area contributed by atoms with Gasteiger partial charge in [0.05, 0.1) is 23.0 Å². The van der Waals surface area contributed by atoms with Crippen molar-refractivity contribution in [3.63, 3.8) is 0 Å². The highest BCUT2D eigenvalue weighted by Crippen LogP contribution is 2.50. The molecule has 0 atom stereocenters. The highest BCUT2D eigenvalue weighted by Gasteiger charge is 2.36. The fraction of sp³-hybridized carbons (Fsp3) is 0.0638. The smallest absolute Gasteiger partial charge is 0.160 e. The van der Waals surface area contributed by atoms with Crippen molar-refractivity contribution in [2.24, 2.45) is 0 Å². The molecular weight excluding hydrogens is 621 g/mol. The second-order valence-electron chi connectivity index (χ2n) is 13.7. The molecule has 1 aliphatic carbocycles. The highest BCUT2D eigenvalue weighted by atomic mass is 14.9. The van der Waals surface area contributed by atoms with Crippen LogP contribution < -0.4 is 0 Å². The quantitative estimate of drug-likeness (QED) is 0.186. The van der Waals surface area contributed by atoms with E-state index in [1.807, 2.05) is 60.9 Å². The van der Waals surface area contributed by atoms with E-state index in [4.69, 9.17) is 9.97 Å². The van der Waals surface area contributed by atoms with Crippen molar-refractivity contribution in [1.82, 2.24) is 15.0 Å². The lowest BCUT2D eigenvalue weighted by Gasteiger charge is -2.22. The van der Waals surface area contributed by atoms with Crippen LogP contribution in [0.15, 0.2) is 158 Å². The van der Waals surface area contributed by atoms with Crippen LogP contribution in [0.25, 0.3) is 78.1 Å². The maximum Gasteiger partial charge on any atom is 0.160 e. The number of hydrogen-bond donors (Lipinski definition) is 0. The number of nitrogens with zero attached hydrogens (tertiary/aromatic N) is 4. The SMILES string of the molecule is CC1(C)c2cc(C#N)ccc2-c2ccc(-c3cc(-c4cc(-c5ccccc5)nc(-c5ccccc5)n4)cc(-c4cccc5ccncc45)c3)cc21. The molecule has 0 bridgehead atoms. The normalized spacial score (nSPS) is 12.6. The van der Waals surface area contributed by atoms with E-state index in [0.717, 1.165) is 61.1 Å². The Morgan fingerprint density at radius 3 is 1.94 bits per heavy atom. The Hall–Kier alpha value is -6.70. The summed E-state index contributed by atoms with van der Waals surface area (Å²) in [6.45, 7) is 4.51. The van der Waals surface area contributed by atoms with E-state index in [1.165, 1.54) is 22.3 Å². The van der Waals surface area contributed by atoms with E-state index in [0.29, 0.717) is 11.4 Å². The van der Waals surface area contributed by atoms with Gasteiger partial charge in [-0.15, -0.1) is 0 Å². The van der Waals surface area contributed by atoms with Crippen LogP contribution in [0.2, 0.25) is 0 Å². The van der Waals surface area contributed by atoms with Crippen molar-refractivity contribution in [1.29, 1.82) is 5.26 Å². The minimum Gasteiger partial charge on any atom is -0.264 e. The first-order valence-corrected chi connectivity index (χ1v) is 17.1. The lowest BCUT2D eigenvalue weighted by atomic mass is 9.81. The molecule has 8 aromatic rings. The zero-order chi connectivity index (χ0) is 34.5. The molecule has 2 aromatic heterocycles. The van der Waals surface area contributed by atoms with Crippen LogP contribution >= 0.6 is 0 Å². The lowest BCUT2D eigenvalue weighted by Crippen LogP contribution is -2.15. The summed E-state index contributed by atoms with van der Waals surface area (Å²) in [6.07, 6.45) is 3.79. The number of hydrogen-bond acceptors (Lipinski definition) is 4. The van der Waals surface area contributed by atoms with Gasteiger partial charge in [0.25, 0.3) is 0 Å². The van der Waals surface area contributed by atoms with E-state index in [-0.39, 0.29) is 5.41 Å². The van der Waals surface area contributed by atoms with Gasteiger partial charge >= 0.3 is 0 Å². The summed E-state index contributed by atoms with van der Waals surface area (Å²) in [5.74, 6) is 0.682. The first-order chi connectivity index (χ1) is 25.0. The molecule has 6 aromatic carbocycles. The van der Waals surface area contributed by atoms with Crippen LogP contribution in [0.5, 0.6) is 0 Å². The van der Waals surface area contributed by atoms with Gasteiger partial charge in [0.2, 0.25) is 0 Å². The molecule has 0 N–H and O–H groups in total. The maximum absolute atomic E-state index is 9.66. The van der Waals surface area contributed by atoms with Crippen LogP contribution in [0.4, 0.5) is 0 Å². The Kier molecular flexibility index (Phi) is 7.15. The van der Waals surface area contributed by atoms with Gasteiger partial charge in [0, 0.05) is 39.9 Å². The van der Waals surface area contributed by atoms with Gasteiger partial charge < -0.3 is 0 Å². The predicted octanol–water partition coefficient (Wildman–Crippen LogP) is 11.5. The zero-order valence-corrected chi connectivity index (χ0v) is 28.3. The van der Waals surface area contributed by atoms with Gasteiger partial charge in [-0.2, -0.15) is 5.26 Å². The Labute approximate surface area is 297 Å². The molecule has 4 heteroatoms. The fourth-order valence-corrected chi connectivity index (χ4v) is 7.52. The van der Waals surface area contributed by atoms with E-state index in [9.17, 15) is 5.26 Å². The summed E-state index contributed by atoms with van der Waals surface area (Å²) in [4.78, 5) is 14.8. The minimum atomic E-state index is -0.253. The summed E-state index contributed by atoms with van der Waals surface area (Å²) in [6, 6.07) is 53.0. The van der Waals surface area contributed by atoms with Crippen molar-refractivity contribution in [3.8, 4) is 73.4 Å². The third kappa shape index (κ3) is 5.28. The van der Waals surface area contributed by atoms with Crippen LogP contribution in [-0.2, 0) is 5.41 Å². The monoisotopic (exact) mass is 652 g/mol. The summed E-state index contributed by atoms with van der Waals surface area (Å²) in [5.41, 5.74) is 14.4. The van der Waals surface area contributed by atoms with Crippen LogP contribution in [-0.4, -0.2) is 15.0 Å². The highest BCUT2D eigenvalue weighted by molar-refractivity contribution is 5.98. The molecular formula is C47H32N4.